The summed E-state index contributed by atoms with van der Waals surface area (Å²) in [6.45, 7) is 4.58. The predicted octanol–water partition coefficient (Wildman–Crippen LogP) is 4.32. The molecule has 1 atom stereocenters. The van der Waals surface area contributed by atoms with Crippen molar-refractivity contribution in [3.05, 3.63) is 59.4 Å². The van der Waals surface area contributed by atoms with Crippen molar-refractivity contribution >= 4 is 5.91 Å². The second-order valence-corrected chi connectivity index (χ2v) is 7.76. The van der Waals surface area contributed by atoms with Crippen molar-refractivity contribution in [3.8, 4) is 11.5 Å². The molecule has 0 saturated carbocycles. The number of nitrogens with zero attached hydrogens (tertiary/aromatic N) is 1. The van der Waals surface area contributed by atoms with E-state index in [1.807, 2.05) is 30.3 Å². The molecule has 0 spiro atoms. The Kier molecular flexibility index (Phi) is 7.69. The molecule has 3 rings (SSSR count). The van der Waals surface area contributed by atoms with Crippen LogP contribution in [0.4, 0.5) is 4.39 Å². The number of nitrogens with one attached hydrogen (secondary N) is 1. The maximum absolute atomic E-state index is 13.1. The van der Waals surface area contributed by atoms with Crippen LogP contribution in [-0.4, -0.2) is 38.1 Å². The van der Waals surface area contributed by atoms with Crippen LogP contribution in [-0.2, 0) is 11.3 Å². The third-order valence-corrected chi connectivity index (χ3v) is 5.81. The van der Waals surface area contributed by atoms with Crippen molar-refractivity contribution in [1.29, 1.82) is 0 Å². The molecule has 6 heteroatoms. The SMILES string of the molecule is CC[C@H](NC(=O)C1CCN(Cc2ccc(F)cc2)CC1)c1ccc(OC)c(OC)c1. The summed E-state index contributed by atoms with van der Waals surface area (Å²) in [5.74, 6) is 1.25. The zero-order chi connectivity index (χ0) is 21.5. The molecule has 30 heavy (non-hydrogen) atoms. The van der Waals surface area contributed by atoms with Gasteiger partial charge in [0, 0.05) is 12.5 Å². The summed E-state index contributed by atoms with van der Waals surface area (Å²) in [7, 11) is 3.22. The molecule has 0 radical (unpaired) electrons. The number of methoxy groups -OCH3 is 2. The Morgan fingerprint density at radius 2 is 1.77 bits per heavy atom. The van der Waals surface area contributed by atoms with E-state index < -0.39 is 0 Å². The van der Waals surface area contributed by atoms with Crippen LogP contribution in [0.15, 0.2) is 42.5 Å². The molecule has 162 valence electrons. The molecule has 0 unspecified atom stereocenters. The zero-order valence-electron chi connectivity index (χ0n) is 18.0. The molecule has 1 fully saturated rings. The molecule has 1 N–H and O–H groups in total. The number of carbonyl (C=O) groups excluding carboxylic acids is 1. The first kappa shape index (κ1) is 22.1. The molecule has 0 aromatic heterocycles. The van der Waals surface area contributed by atoms with Crippen molar-refractivity contribution in [2.45, 2.75) is 38.8 Å². The normalized spacial score (nSPS) is 16.1. The number of carbonyl (C=O) groups is 1. The Labute approximate surface area is 178 Å². The minimum absolute atomic E-state index is 0.0173. The third kappa shape index (κ3) is 5.51. The van der Waals surface area contributed by atoms with E-state index in [2.05, 4.69) is 17.1 Å². The third-order valence-electron chi connectivity index (χ3n) is 5.81. The molecule has 1 amide bonds. The van der Waals surface area contributed by atoms with Crippen LogP contribution in [0.2, 0.25) is 0 Å². The summed E-state index contributed by atoms with van der Waals surface area (Å²) in [6, 6.07) is 12.3. The second-order valence-electron chi connectivity index (χ2n) is 7.76. The molecule has 1 aliphatic heterocycles. The molecule has 1 saturated heterocycles. The van der Waals surface area contributed by atoms with Gasteiger partial charge in [0.25, 0.3) is 0 Å². The van der Waals surface area contributed by atoms with Gasteiger partial charge in [0.1, 0.15) is 5.82 Å². The highest BCUT2D eigenvalue weighted by atomic mass is 19.1. The summed E-state index contributed by atoms with van der Waals surface area (Å²) >= 11 is 0. The number of piperidine rings is 1. The van der Waals surface area contributed by atoms with Crippen LogP contribution in [0.3, 0.4) is 0 Å². The van der Waals surface area contributed by atoms with E-state index in [-0.39, 0.29) is 23.7 Å². The average molecular weight is 415 g/mol. The van der Waals surface area contributed by atoms with Crippen LogP contribution in [0.5, 0.6) is 11.5 Å². The summed E-state index contributed by atoms with van der Waals surface area (Å²) in [4.78, 5) is 15.2. The van der Waals surface area contributed by atoms with Gasteiger partial charge >= 0.3 is 0 Å². The van der Waals surface area contributed by atoms with Crippen molar-refractivity contribution < 1.29 is 18.7 Å². The Bertz CT molecular complexity index is 833. The minimum Gasteiger partial charge on any atom is -0.493 e. The predicted molar refractivity (Wildman–Crippen MR) is 115 cm³/mol. The maximum atomic E-state index is 13.1. The van der Waals surface area contributed by atoms with Crippen molar-refractivity contribution in [3.63, 3.8) is 0 Å². The average Bonchev–Trinajstić information content (AvgIpc) is 2.78. The van der Waals surface area contributed by atoms with Gasteiger partial charge in [-0.05, 0) is 67.7 Å². The number of amides is 1. The fourth-order valence-electron chi connectivity index (χ4n) is 3.98. The Morgan fingerprint density at radius 3 is 2.37 bits per heavy atom. The van der Waals surface area contributed by atoms with E-state index in [0.29, 0.717) is 11.5 Å². The first-order chi connectivity index (χ1) is 14.5. The lowest BCUT2D eigenvalue weighted by molar-refractivity contribution is -0.127. The van der Waals surface area contributed by atoms with E-state index in [0.717, 1.165) is 50.0 Å². The molecule has 1 aliphatic rings. The van der Waals surface area contributed by atoms with Gasteiger partial charge in [0.15, 0.2) is 11.5 Å². The van der Waals surface area contributed by atoms with Crippen molar-refractivity contribution in [1.82, 2.24) is 10.2 Å². The summed E-state index contributed by atoms with van der Waals surface area (Å²) < 4.78 is 23.8. The quantitative estimate of drug-likeness (QED) is 0.699. The van der Waals surface area contributed by atoms with E-state index in [1.165, 1.54) is 12.1 Å². The monoisotopic (exact) mass is 414 g/mol. The Balaban J connectivity index is 1.54. The topological polar surface area (TPSA) is 50.8 Å². The van der Waals surface area contributed by atoms with Crippen LogP contribution in [0.1, 0.15) is 43.4 Å². The van der Waals surface area contributed by atoms with E-state index in [9.17, 15) is 9.18 Å². The number of ether oxygens (including phenoxy) is 2. The Hall–Kier alpha value is -2.60. The smallest absolute Gasteiger partial charge is 0.223 e. The van der Waals surface area contributed by atoms with Crippen LogP contribution in [0.25, 0.3) is 0 Å². The van der Waals surface area contributed by atoms with Gasteiger partial charge in [-0.15, -0.1) is 0 Å². The number of hydrogen-bond acceptors (Lipinski definition) is 4. The van der Waals surface area contributed by atoms with Crippen molar-refractivity contribution in [2.24, 2.45) is 5.92 Å². The highest BCUT2D eigenvalue weighted by molar-refractivity contribution is 5.79. The molecular weight excluding hydrogens is 383 g/mol. The van der Waals surface area contributed by atoms with Gasteiger partial charge in [-0.25, -0.2) is 4.39 Å². The number of likely N-dealkylation sites (tertiary alicyclic amines) is 1. The van der Waals surface area contributed by atoms with Crippen LogP contribution in [0, 0.1) is 11.7 Å². The lowest BCUT2D eigenvalue weighted by Crippen LogP contribution is -2.41. The first-order valence-corrected chi connectivity index (χ1v) is 10.5. The maximum Gasteiger partial charge on any atom is 0.223 e. The molecule has 2 aromatic carbocycles. The summed E-state index contributed by atoms with van der Waals surface area (Å²) in [6.07, 6.45) is 2.45. The second kappa shape index (κ2) is 10.4. The molecule has 0 bridgehead atoms. The molecule has 2 aromatic rings. The lowest BCUT2D eigenvalue weighted by Gasteiger charge is -2.32. The van der Waals surface area contributed by atoms with Crippen LogP contribution < -0.4 is 14.8 Å². The van der Waals surface area contributed by atoms with Crippen molar-refractivity contribution in [2.75, 3.05) is 27.3 Å². The Morgan fingerprint density at radius 1 is 1.10 bits per heavy atom. The fourth-order valence-corrected chi connectivity index (χ4v) is 3.98. The zero-order valence-corrected chi connectivity index (χ0v) is 18.0. The highest BCUT2D eigenvalue weighted by Gasteiger charge is 2.27. The molecule has 0 aliphatic carbocycles. The largest absolute Gasteiger partial charge is 0.493 e. The number of hydrogen-bond donors (Lipinski definition) is 1. The first-order valence-electron chi connectivity index (χ1n) is 10.5. The van der Waals surface area contributed by atoms with Gasteiger partial charge in [-0.3, -0.25) is 9.69 Å². The highest BCUT2D eigenvalue weighted by Crippen LogP contribution is 2.31. The van der Waals surface area contributed by atoms with Gasteiger partial charge < -0.3 is 14.8 Å². The minimum atomic E-state index is -0.214. The van der Waals surface area contributed by atoms with Gasteiger partial charge in [-0.2, -0.15) is 0 Å². The standard InChI is InChI=1S/C24H31FN2O3/c1-4-21(19-7-10-22(29-2)23(15-19)30-3)26-24(28)18-11-13-27(14-12-18)16-17-5-8-20(25)9-6-17/h5-10,15,18,21H,4,11-14,16H2,1-3H3,(H,26,28)/t21-/m0/s1. The van der Waals surface area contributed by atoms with Gasteiger partial charge in [0.2, 0.25) is 5.91 Å². The van der Waals surface area contributed by atoms with E-state index in [4.69, 9.17) is 9.47 Å². The molecular formula is C24H31FN2O3. The van der Waals surface area contributed by atoms with E-state index in [1.54, 1.807) is 14.2 Å². The van der Waals surface area contributed by atoms with Gasteiger partial charge in [-0.1, -0.05) is 25.1 Å². The number of rotatable bonds is 8. The number of benzene rings is 2. The molecule has 5 nitrogen and oxygen atoms in total. The van der Waals surface area contributed by atoms with E-state index >= 15 is 0 Å². The number of halogens is 1. The summed E-state index contributed by atoms with van der Waals surface area (Å²) in [5, 5.41) is 3.22. The summed E-state index contributed by atoms with van der Waals surface area (Å²) in [5.41, 5.74) is 2.11. The molecule has 1 heterocycles. The van der Waals surface area contributed by atoms with Crippen LogP contribution >= 0.6 is 0 Å². The fraction of sp³-hybridized carbons (Fsp3) is 0.458. The van der Waals surface area contributed by atoms with Gasteiger partial charge in [0.05, 0.1) is 20.3 Å². The lowest BCUT2D eigenvalue weighted by atomic mass is 9.94.